The molecule has 1 aromatic heterocycles. The second kappa shape index (κ2) is 9.41. The highest BCUT2D eigenvalue weighted by molar-refractivity contribution is 5.96. The van der Waals surface area contributed by atoms with E-state index in [2.05, 4.69) is 5.10 Å². The van der Waals surface area contributed by atoms with Crippen molar-refractivity contribution < 1.29 is 23.5 Å². The van der Waals surface area contributed by atoms with Gasteiger partial charge >= 0.3 is 5.97 Å². The molecule has 192 valence electrons. The van der Waals surface area contributed by atoms with Gasteiger partial charge in [0.1, 0.15) is 11.4 Å². The molecule has 7 nitrogen and oxygen atoms in total. The number of benzene rings is 2. The number of nitrogens with zero attached hydrogens (tertiary/aromatic N) is 3. The number of carbonyl (C=O) groups is 2. The van der Waals surface area contributed by atoms with E-state index in [1.807, 2.05) is 24.3 Å². The number of esters is 1. The van der Waals surface area contributed by atoms with Gasteiger partial charge < -0.3 is 14.4 Å². The third-order valence-electron chi connectivity index (χ3n) is 7.86. The van der Waals surface area contributed by atoms with E-state index in [-0.39, 0.29) is 23.0 Å². The molecule has 8 heteroatoms. The largest absolute Gasteiger partial charge is 0.465 e. The van der Waals surface area contributed by atoms with Crippen molar-refractivity contribution in [3.63, 3.8) is 0 Å². The van der Waals surface area contributed by atoms with Crippen molar-refractivity contribution in [2.75, 3.05) is 26.8 Å². The van der Waals surface area contributed by atoms with Gasteiger partial charge in [0, 0.05) is 18.0 Å². The molecular formula is C29H30FN3O4. The van der Waals surface area contributed by atoms with Crippen LogP contribution in [0.15, 0.2) is 48.7 Å². The van der Waals surface area contributed by atoms with Gasteiger partial charge in [-0.05, 0) is 49.4 Å². The third kappa shape index (κ3) is 4.33. The van der Waals surface area contributed by atoms with Gasteiger partial charge in [-0.3, -0.25) is 4.79 Å². The summed E-state index contributed by atoms with van der Waals surface area (Å²) >= 11 is 0. The molecule has 0 N–H and O–H groups in total. The Balaban J connectivity index is 1.32. The quantitative estimate of drug-likeness (QED) is 0.452. The van der Waals surface area contributed by atoms with Crippen LogP contribution < -0.4 is 0 Å². The minimum atomic E-state index is -0.533. The van der Waals surface area contributed by atoms with E-state index in [1.165, 1.54) is 13.3 Å². The van der Waals surface area contributed by atoms with Crippen molar-refractivity contribution >= 4 is 11.9 Å². The van der Waals surface area contributed by atoms with Crippen molar-refractivity contribution in [2.24, 2.45) is 0 Å². The first-order valence-electron chi connectivity index (χ1n) is 13.0. The van der Waals surface area contributed by atoms with Crippen LogP contribution in [0.1, 0.15) is 70.9 Å². The van der Waals surface area contributed by atoms with Gasteiger partial charge in [-0.25, -0.2) is 13.9 Å². The standard InChI is InChI=1S/C29H30FN3O4/c1-36-28(35)24-17-31-33(26(24)19-10-11-19)21-7-4-6-20(16-21)22-8-5-9-23(25(22)30)27(34)32-14-15-37-29(18-32)12-2-3-13-29/h4-9,16-17,19H,2-3,10-15,18H2,1H3. The van der Waals surface area contributed by atoms with Crippen molar-refractivity contribution in [3.05, 3.63) is 71.3 Å². The normalized spacial score (nSPS) is 18.8. The zero-order valence-corrected chi connectivity index (χ0v) is 20.9. The number of rotatable bonds is 5. The van der Waals surface area contributed by atoms with Gasteiger partial charge in [0.05, 0.1) is 49.0 Å². The van der Waals surface area contributed by atoms with Crippen LogP contribution >= 0.6 is 0 Å². The Morgan fingerprint density at radius 1 is 1.11 bits per heavy atom. The number of hydrogen-bond donors (Lipinski definition) is 0. The zero-order chi connectivity index (χ0) is 25.6. The van der Waals surface area contributed by atoms with Crippen molar-refractivity contribution in [1.82, 2.24) is 14.7 Å². The smallest absolute Gasteiger partial charge is 0.341 e. The van der Waals surface area contributed by atoms with Crippen LogP contribution in [0.4, 0.5) is 4.39 Å². The van der Waals surface area contributed by atoms with E-state index in [0.29, 0.717) is 36.4 Å². The Bertz CT molecular complexity index is 1360. The molecule has 6 rings (SSSR count). The number of ether oxygens (including phenoxy) is 2. The summed E-state index contributed by atoms with van der Waals surface area (Å²) in [5.41, 5.74) is 2.79. The second-order valence-electron chi connectivity index (χ2n) is 10.3. The van der Waals surface area contributed by atoms with Gasteiger partial charge in [-0.2, -0.15) is 5.10 Å². The Kier molecular flexibility index (Phi) is 6.07. The predicted octanol–water partition coefficient (Wildman–Crippen LogP) is 5.13. The Labute approximate surface area is 215 Å². The molecule has 3 aromatic rings. The number of morpholine rings is 1. The molecule has 2 aromatic carbocycles. The van der Waals surface area contributed by atoms with E-state index >= 15 is 4.39 Å². The summed E-state index contributed by atoms with van der Waals surface area (Å²) in [7, 11) is 1.36. The monoisotopic (exact) mass is 503 g/mol. The number of aromatic nitrogens is 2. The summed E-state index contributed by atoms with van der Waals surface area (Å²) in [6.45, 7) is 1.46. The first kappa shape index (κ1) is 23.9. The van der Waals surface area contributed by atoms with Gasteiger partial charge in [0.2, 0.25) is 0 Å². The number of halogens is 1. The zero-order valence-electron chi connectivity index (χ0n) is 20.9. The lowest BCUT2D eigenvalue weighted by atomic mass is 9.97. The topological polar surface area (TPSA) is 73.7 Å². The molecule has 1 saturated heterocycles. The second-order valence-corrected chi connectivity index (χ2v) is 10.3. The molecule has 2 aliphatic carbocycles. The molecule has 3 aliphatic rings. The molecule has 1 spiro atoms. The van der Waals surface area contributed by atoms with Crippen LogP contribution in [0.5, 0.6) is 0 Å². The fourth-order valence-electron chi connectivity index (χ4n) is 5.82. The van der Waals surface area contributed by atoms with Crippen molar-refractivity contribution in [1.29, 1.82) is 0 Å². The minimum Gasteiger partial charge on any atom is -0.465 e. The number of hydrogen-bond acceptors (Lipinski definition) is 5. The third-order valence-corrected chi connectivity index (χ3v) is 7.86. The summed E-state index contributed by atoms with van der Waals surface area (Å²) in [4.78, 5) is 27.5. The average molecular weight is 504 g/mol. The van der Waals surface area contributed by atoms with Crippen LogP contribution in [0.2, 0.25) is 0 Å². The van der Waals surface area contributed by atoms with Crippen LogP contribution in [0.25, 0.3) is 16.8 Å². The molecule has 0 atom stereocenters. The van der Waals surface area contributed by atoms with Crippen LogP contribution in [-0.2, 0) is 9.47 Å². The van der Waals surface area contributed by atoms with E-state index in [9.17, 15) is 9.59 Å². The van der Waals surface area contributed by atoms with Crippen molar-refractivity contribution in [3.8, 4) is 16.8 Å². The molecule has 2 heterocycles. The molecule has 0 radical (unpaired) electrons. The van der Waals surface area contributed by atoms with Gasteiger partial charge in [-0.15, -0.1) is 0 Å². The summed E-state index contributed by atoms with van der Waals surface area (Å²) in [5.74, 6) is -0.996. The SMILES string of the molecule is COC(=O)c1cnn(-c2cccc(-c3cccc(C(=O)N4CCOC5(CCCC5)C4)c3F)c2)c1C1CC1. The Hall–Kier alpha value is -3.52. The maximum Gasteiger partial charge on any atom is 0.341 e. The number of methoxy groups -OCH3 is 1. The number of carbonyl (C=O) groups excluding carboxylic acids is 2. The fourth-order valence-corrected chi connectivity index (χ4v) is 5.82. The van der Waals surface area contributed by atoms with Crippen molar-refractivity contribution in [2.45, 2.75) is 50.0 Å². The van der Waals surface area contributed by atoms with E-state index < -0.39 is 11.8 Å². The highest BCUT2D eigenvalue weighted by atomic mass is 19.1. The first-order chi connectivity index (χ1) is 18.0. The predicted molar refractivity (Wildman–Crippen MR) is 135 cm³/mol. The van der Waals surface area contributed by atoms with Crippen LogP contribution in [-0.4, -0.2) is 59.0 Å². The molecular weight excluding hydrogens is 473 g/mol. The van der Waals surface area contributed by atoms with E-state index in [1.54, 1.807) is 27.8 Å². The lowest BCUT2D eigenvalue weighted by molar-refractivity contribution is -0.0949. The summed E-state index contributed by atoms with van der Waals surface area (Å²) in [5, 5.41) is 4.47. The minimum absolute atomic E-state index is 0.0729. The highest BCUT2D eigenvalue weighted by Gasteiger charge is 2.41. The summed E-state index contributed by atoms with van der Waals surface area (Å²) < 4.78 is 28.6. The molecule has 37 heavy (non-hydrogen) atoms. The average Bonchev–Trinajstić information content (AvgIpc) is 3.51. The fraction of sp³-hybridized carbons (Fsp3) is 0.414. The lowest BCUT2D eigenvalue weighted by Crippen LogP contribution is -2.52. The molecule has 2 saturated carbocycles. The van der Waals surface area contributed by atoms with Gasteiger partial charge in [0.15, 0.2) is 0 Å². The maximum absolute atomic E-state index is 15.9. The maximum atomic E-state index is 15.9. The van der Waals surface area contributed by atoms with Crippen LogP contribution in [0, 0.1) is 5.82 Å². The molecule has 1 amide bonds. The summed E-state index contributed by atoms with van der Waals surface area (Å²) in [6.07, 6.45) is 7.59. The Morgan fingerprint density at radius 3 is 2.65 bits per heavy atom. The highest BCUT2D eigenvalue weighted by Crippen LogP contribution is 2.43. The molecule has 0 unspecified atom stereocenters. The molecule has 1 aliphatic heterocycles. The first-order valence-corrected chi connectivity index (χ1v) is 13.0. The molecule has 3 fully saturated rings. The lowest BCUT2D eigenvalue weighted by Gasteiger charge is -2.40. The van der Waals surface area contributed by atoms with Crippen LogP contribution in [0.3, 0.4) is 0 Å². The molecule has 0 bridgehead atoms. The van der Waals surface area contributed by atoms with E-state index in [4.69, 9.17) is 9.47 Å². The summed E-state index contributed by atoms with van der Waals surface area (Å²) in [6, 6.07) is 12.3. The van der Waals surface area contributed by atoms with Gasteiger partial charge in [-0.1, -0.05) is 37.1 Å². The number of amides is 1. The van der Waals surface area contributed by atoms with Gasteiger partial charge in [0.25, 0.3) is 5.91 Å². The van der Waals surface area contributed by atoms with E-state index in [0.717, 1.165) is 49.9 Å². The Morgan fingerprint density at radius 2 is 1.89 bits per heavy atom.